The molecule has 5 nitrogen and oxygen atoms in total. The van der Waals surface area contributed by atoms with Crippen LogP contribution < -0.4 is 4.74 Å². The second kappa shape index (κ2) is 5.13. The quantitative estimate of drug-likeness (QED) is 0.681. The van der Waals surface area contributed by atoms with Crippen molar-refractivity contribution < 1.29 is 9.53 Å². The normalized spacial score (nSPS) is 10.7. The second-order valence-electron chi connectivity index (χ2n) is 4.41. The van der Waals surface area contributed by atoms with Crippen LogP contribution in [0.15, 0.2) is 49.2 Å². The highest BCUT2D eigenvalue weighted by Crippen LogP contribution is 2.19. The van der Waals surface area contributed by atoms with Gasteiger partial charge in [0.2, 0.25) is 0 Å². The molecule has 0 aliphatic heterocycles. The molecular formula is C15H13N3O2. The van der Waals surface area contributed by atoms with Crippen molar-refractivity contribution in [3.8, 4) is 5.75 Å². The molecule has 0 bridgehead atoms. The molecule has 0 aromatic carbocycles. The molecule has 0 atom stereocenters. The van der Waals surface area contributed by atoms with Crippen molar-refractivity contribution in [3.63, 3.8) is 0 Å². The molecule has 3 heterocycles. The molecule has 0 saturated carbocycles. The van der Waals surface area contributed by atoms with E-state index in [0.29, 0.717) is 17.9 Å². The molecule has 3 aromatic heterocycles. The molecule has 0 unspecified atom stereocenters. The lowest BCUT2D eigenvalue weighted by atomic mass is 10.2. The molecule has 0 N–H and O–H groups in total. The molecule has 5 heteroatoms. The fraction of sp³-hybridized carbons (Fsp3) is 0.133. The van der Waals surface area contributed by atoms with Crippen LogP contribution >= 0.6 is 0 Å². The lowest BCUT2D eigenvalue weighted by molar-refractivity contribution is 0.101. The van der Waals surface area contributed by atoms with E-state index in [1.165, 1.54) is 6.92 Å². The Hall–Kier alpha value is -2.69. The zero-order chi connectivity index (χ0) is 13.9. The Labute approximate surface area is 115 Å². The molecular weight excluding hydrogens is 254 g/mol. The monoisotopic (exact) mass is 267 g/mol. The number of aromatic nitrogens is 3. The van der Waals surface area contributed by atoms with Crippen LogP contribution in [0.3, 0.4) is 0 Å². The Morgan fingerprint density at radius 2 is 2.20 bits per heavy atom. The molecule has 0 aliphatic carbocycles. The van der Waals surface area contributed by atoms with Crippen LogP contribution in [0.25, 0.3) is 5.65 Å². The number of carbonyl (C=O) groups excluding carboxylic acids is 1. The van der Waals surface area contributed by atoms with Crippen LogP contribution in [-0.4, -0.2) is 20.2 Å². The minimum absolute atomic E-state index is 0.0404. The van der Waals surface area contributed by atoms with Crippen LogP contribution in [0.4, 0.5) is 0 Å². The number of hydrogen-bond donors (Lipinski definition) is 0. The van der Waals surface area contributed by atoms with Gasteiger partial charge in [0, 0.05) is 30.4 Å². The van der Waals surface area contributed by atoms with Crippen molar-refractivity contribution in [2.24, 2.45) is 0 Å². The summed E-state index contributed by atoms with van der Waals surface area (Å²) in [6, 6.07) is 5.54. The van der Waals surface area contributed by atoms with E-state index in [1.807, 2.05) is 28.9 Å². The summed E-state index contributed by atoms with van der Waals surface area (Å²) in [5, 5.41) is 0. The summed E-state index contributed by atoms with van der Waals surface area (Å²) in [5.74, 6) is 0.454. The zero-order valence-electron chi connectivity index (χ0n) is 11.0. The first-order valence-electron chi connectivity index (χ1n) is 6.24. The van der Waals surface area contributed by atoms with Gasteiger partial charge in [0.15, 0.2) is 5.78 Å². The van der Waals surface area contributed by atoms with E-state index in [2.05, 4.69) is 9.97 Å². The summed E-state index contributed by atoms with van der Waals surface area (Å²) in [6.45, 7) is 1.85. The van der Waals surface area contributed by atoms with Crippen LogP contribution in [0.1, 0.15) is 22.8 Å². The van der Waals surface area contributed by atoms with Crippen LogP contribution in [0.5, 0.6) is 5.75 Å². The average molecular weight is 267 g/mol. The summed E-state index contributed by atoms with van der Waals surface area (Å²) in [5.41, 5.74) is 2.34. The van der Waals surface area contributed by atoms with Gasteiger partial charge in [-0.1, -0.05) is 6.07 Å². The Morgan fingerprint density at radius 1 is 1.30 bits per heavy atom. The van der Waals surface area contributed by atoms with Gasteiger partial charge in [-0.2, -0.15) is 0 Å². The smallest absolute Gasteiger partial charge is 0.163 e. The number of ether oxygens (including phenoxy) is 1. The first kappa shape index (κ1) is 12.3. The van der Waals surface area contributed by atoms with E-state index < -0.39 is 0 Å². The Kier molecular flexibility index (Phi) is 3.16. The van der Waals surface area contributed by atoms with Crippen molar-refractivity contribution in [3.05, 3.63) is 60.3 Å². The highest BCUT2D eigenvalue weighted by atomic mass is 16.5. The van der Waals surface area contributed by atoms with Gasteiger partial charge in [0.05, 0.1) is 11.8 Å². The number of imidazole rings is 1. The number of carbonyl (C=O) groups is 1. The predicted octanol–water partition coefficient (Wildman–Crippen LogP) is 2.51. The van der Waals surface area contributed by atoms with E-state index in [0.717, 1.165) is 11.2 Å². The lowest BCUT2D eigenvalue weighted by Crippen LogP contribution is -2.03. The van der Waals surface area contributed by atoms with Crippen molar-refractivity contribution in [2.45, 2.75) is 13.5 Å². The first-order chi connectivity index (χ1) is 9.75. The fourth-order valence-electron chi connectivity index (χ4n) is 2.06. The fourth-order valence-corrected chi connectivity index (χ4v) is 2.06. The molecule has 100 valence electrons. The minimum atomic E-state index is -0.0404. The van der Waals surface area contributed by atoms with E-state index in [4.69, 9.17) is 4.74 Å². The standard InChI is InChI=1S/C15H13N3O2/c1-11(19)13-4-5-16-9-14(13)20-10-12-3-2-7-18-8-6-17-15(12)18/h2-9H,10H2,1H3. The van der Waals surface area contributed by atoms with Gasteiger partial charge >= 0.3 is 0 Å². The Morgan fingerprint density at radius 3 is 3.05 bits per heavy atom. The maximum Gasteiger partial charge on any atom is 0.163 e. The van der Waals surface area contributed by atoms with Gasteiger partial charge in [0.25, 0.3) is 0 Å². The average Bonchev–Trinajstić information content (AvgIpc) is 2.94. The maximum atomic E-state index is 11.5. The Balaban J connectivity index is 1.87. The minimum Gasteiger partial charge on any atom is -0.486 e. The SMILES string of the molecule is CC(=O)c1ccncc1OCc1cccn2ccnc12. The van der Waals surface area contributed by atoms with Gasteiger partial charge in [0.1, 0.15) is 18.0 Å². The summed E-state index contributed by atoms with van der Waals surface area (Å²) in [6.07, 6.45) is 8.69. The molecule has 0 amide bonds. The topological polar surface area (TPSA) is 56.5 Å². The molecule has 0 radical (unpaired) electrons. The third kappa shape index (κ3) is 2.25. The summed E-state index contributed by atoms with van der Waals surface area (Å²) in [7, 11) is 0. The van der Waals surface area contributed by atoms with Crippen molar-refractivity contribution >= 4 is 11.4 Å². The first-order valence-corrected chi connectivity index (χ1v) is 6.24. The largest absolute Gasteiger partial charge is 0.486 e. The number of nitrogens with zero attached hydrogens (tertiary/aromatic N) is 3. The van der Waals surface area contributed by atoms with E-state index in [9.17, 15) is 4.79 Å². The van der Waals surface area contributed by atoms with Crippen LogP contribution in [0.2, 0.25) is 0 Å². The molecule has 0 spiro atoms. The van der Waals surface area contributed by atoms with E-state index in [1.54, 1.807) is 24.7 Å². The van der Waals surface area contributed by atoms with Crippen molar-refractivity contribution in [1.82, 2.24) is 14.4 Å². The zero-order valence-corrected chi connectivity index (χ0v) is 11.0. The number of ketones is 1. The highest BCUT2D eigenvalue weighted by Gasteiger charge is 2.09. The third-order valence-corrected chi connectivity index (χ3v) is 3.05. The lowest BCUT2D eigenvalue weighted by Gasteiger charge is -2.09. The second-order valence-corrected chi connectivity index (χ2v) is 4.41. The van der Waals surface area contributed by atoms with Crippen LogP contribution in [-0.2, 0) is 6.61 Å². The molecule has 0 saturated heterocycles. The summed E-state index contributed by atoms with van der Waals surface area (Å²) in [4.78, 5) is 19.8. The van der Waals surface area contributed by atoms with Crippen molar-refractivity contribution in [2.75, 3.05) is 0 Å². The van der Waals surface area contributed by atoms with Gasteiger partial charge in [-0.05, 0) is 19.1 Å². The highest BCUT2D eigenvalue weighted by molar-refractivity contribution is 5.96. The van der Waals surface area contributed by atoms with Gasteiger partial charge in [-0.3, -0.25) is 9.78 Å². The van der Waals surface area contributed by atoms with Gasteiger partial charge in [-0.15, -0.1) is 0 Å². The number of rotatable bonds is 4. The van der Waals surface area contributed by atoms with Crippen molar-refractivity contribution in [1.29, 1.82) is 0 Å². The number of pyridine rings is 2. The third-order valence-electron chi connectivity index (χ3n) is 3.05. The summed E-state index contributed by atoms with van der Waals surface area (Å²) >= 11 is 0. The maximum absolute atomic E-state index is 11.5. The van der Waals surface area contributed by atoms with Crippen LogP contribution in [0, 0.1) is 0 Å². The molecule has 0 aliphatic rings. The molecule has 3 aromatic rings. The number of Topliss-reactive ketones (excluding diaryl/α,β-unsaturated/α-hetero) is 1. The predicted molar refractivity (Wildman–Crippen MR) is 73.8 cm³/mol. The number of fused-ring (bicyclic) bond motifs is 1. The number of hydrogen-bond acceptors (Lipinski definition) is 4. The van der Waals surface area contributed by atoms with Gasteiger partial charge < -0.3 is 9.14 Å². The summed E-state index contributed by atoms with van der Waals surface area (Å²) < 4.78 is 7.65. The van der Waals surface area contributed by atoms with E-state index in [-0.39, 0.29) is 5.78 Å². The molecule has 0 fully saturated rings. The molecule has 20 heavy (non-hydrogen) atoms. The van der Waals surface area contributed by atoms with E-state index >= 15 is 0 Å². The molecule has 3 rings (SSSR count). The van der Waals surface area contributed by atoms with Gasteiger partial charge in [-0.25, -0.2) is 4.98 Å². The Bertz CT molecular complexity index is 764.